The molecular weight excluding hydrogens is 256 g/mol. The molecule has 8 heteroatoms. The topological polar surface area (TPSA) is 97.8 Å². The number of hydrogen-bond donors (Lipinski definition) is 2. The van der Waals surface area contributed by atoms with Gasteiger partial charge >= 0.3 is 0 Å². The van der Waals surface area contributed by atoms with Crippen LogP contribution in [0.15, 0.2) is 18.5 Å². The normalized spacial score (nSPS) is 15.5. The molecule has 0 amide bonds. The van der Waals surface area contributed by atoms with E-state index >= 15 is 0 Å². The van der Waals surface area contributed by atoms with Gasteiger partial charge in [-0.15, -0.1) is 0 Å². The summed E-state index contributed by atoms with van der Waals surface area (Å²) in [5.74, 6) is 6.85. The summed E-state index contributed by atoms with van der Waals surface area (Å²) in [5, 5.41) is 4.14. The summed E-state index contributed by atoms with van der Waals surface area (Å²) in [7, 11) is 2.01. The minimum atomic E-state index is 0.338. The molecule has 1 aliphatic rings. The first-order valence-corrected chi connectivity index (χ1v) is 6.73. The van der Waals surface area contributed by atoms with Crippen LogP contribution < -0.4 is 16.2 Å². The third-order valence-corrected chi connectivity index (χ3v) is 3.64. The number of nitrogens with two attached hydrogens (primary N) is 1. The molecule has 1 saturated carbocycles. The second-order valence-electron chi connectivity index (χ2n) is 4.90. The number of hydrazine groups is 1. The minimum Gasteiger partial charge on any atom is -0.341 e. The van der Waals surface area contributed by atoms with Crippen molar-refractivity contribution in [3.63, 3.8) is 0 Å². The van der Waals surface area contributed by atoms with Crippen LogP contribution in [0.4, 0.5) is 11.9 Å². The Bertz CT molecular complexity index is 561. The lowest BCUT2D eigenvalue weighted by molar-refractivity contribution is 0.633. The first-order valence-electron chi connectivity index (χ1n) is 6.73. The molecule has 2 aromatic heterocycles. The number of anilines is 2. The fourth-order valence-corrected chi connectivity index (χ4v) is 2.52. The van der Waals surface area contributed by atoms with Gasteiger partial charge in [0, 0.05) is 25.5 Å². The lowest BCUT2D eigenvalue weighted by Gasteiger charge is -2.24. The molecule has 0 saturated heterocycles. The van der Waals surface area contributed by atoms with Crippen LogP contribution in [0.25, 0.3) is 5.95 Å². The van der Waals surface area contributed by atoms with Crippen LogP contribution in [0, 0.1) is 0 Å². The van der Waals surface area contributed by atoms with Gasteiger partial charge in [-0.1, -0.05) is 12.8 Å². The van der Waals surface area contributed by atoms with Crippen LogP contribution in [0.2, 0.25) is 0 Å². The van der Waals surface area contributed by atoms with Crippen LogP contribution in [0.3, 0.4) is 0 Å². The van der Waals surface area contributed by atoms with Gasteiger partial charge in [0.1, 0.15) is 0 Å². The van der Waals surface area contributed by atoms with E-state index in [0.29, 0.717) is 23.9 Å². The molecule has 3 N–H and O–H groups in total. The Kier molecular flexibility index (Phi) is 3.46. The van der Waals surface area contributed by atoms with Crippen molar-refractivity contribution in [1.29, 1.82) is 0 Å². The smallest absolute Gasteiger partial charge is 0.257 e. The van der Waals surface area contributed by atoms with E-state index in [2.05, 4.69) is 30.4 Å². The van der Waals surface area contributed by atoms with Crippen LogP contribution >= 0.6 is 0 Å². The Hall–Kier alpha value is -2.22. The molecule has 20 heavy (non-hydrogen) atoms. The van der Waals surface area contributed by atoms with E-state index in [1.165, 1.54) is 25.7 Å². The Morgan fingerprint density at radius 2 is 2.10 bits per heavy atom. The summed E-state index contributed by atoms with van der Waals surface area (Å²) in [5.41, 5.74) is 2.49. The predicted octanol–water partition coefficient (Wildman–Crippen LogP) is 0.722. The van der Waals surface area contributed by atoms with Gasteiger partial charge in [0.15, 0.2) is 0 Å². The van der Waals surface area contributed by atoms with Gasteiger partial charge in [-0.2, -0.15) is 20.1 Å². The van der Waals surface area contributed by atoms with Crippen molar-refractivity contribution < 1.29 is 0 Å². The molecule has 1 fully saturated rings. The second kappa shape index (κ2) is 5.41. The van der Waals surface area contributed by atoms with Crippen molar-refractivity contribution in [1.82, 2.24) is 24.7 Å². The highest BCUT2D eigenvalue weighted by Gasteiger charge is 2.22. The van der Waals surface area contributed by atoms with Crippen molar-refractivity contribution >= 4 is 11.9 Å². The number of nitrogens with zero attached hydrogens (tertiary/aromatic N) is 6. The van der Waals surface area contributed by atoms with Gasteiger partial charge in [-0.3, -0.25) is 5.43 Å². The van der Waals surface area contributed by atoms with Gasteiger partial charge in [-0.25, -0.2) is 10.5 Å². The monoisotopic (exact) mass is 274 g/mol. The summed E-state index contributed by atoms with van der Waals surface area (Å²) in [4.78, 5) is 15.1. The third-order valence-electron chi connectivity index (χ3n) is 3.64. The van der Waals surface area contributed by atoms with Gasteiger partial charge in [0.25, 0.3) is 5.95 Å². The predicted molar refractivity (Wildman–Crippen MR) is 75.4 cm³/mol. The maximum absolute atomic E-state index is 5.44. The largest absolute Gasteiger partial charge is 0.341 e. The lowest BCUT2D eigenvalue weighted by atomic mass is 10.2. The van der Waals surface area contributed by atoms with E-state index in [9.17, 15) is 0 Å². The van der Waals surface area contributed by atoms with Crippen LogP contribution in [0.1, 0.15) is 25.7 Å². The molecule has 0 bridgehead atoms. The number of nitrogen functional groups attached to an aromatic ring is 1. The number of rotatable bonds is 4. The molecule has 3 rings (SSSR count). The standard InChI is InChI=1S/C12H18N8/c1-19(9-5-2-3-6-9)11-15-10(18-13)16-12(17-11)20-8-4-7-14-20/h4,7-9H,2-3,5-6,13H2,1H3,(H,15,16,17,18). The molecule has 0 atom stereocenters. The van der Waals surface area contributed by atoms with Crippen molar-refractivity contribution in [3.8, 4) is 5.95 Å². The molecule has 0 spiro atoms. The summed E-state index contributed by atoms with van der Waals surface area (Å²) in [6, 6.07) is 2.30. The molecule has 1 aliphatic carbocycles. The molecule has 2 aromatic rings. The van der Waals surface area contributed by atoms with E-state index in [1.807, 2.05) is 13.1 Å². The average molecular weight is 274 g/mol. The van der Waals surface area contributed by atoms with E-state index in [4.69, 9.17) is 5.84 Å². The maximum atomic E-state index is 5.44. The fraction of sp³-hybridized carbons (Fsp3) is 0.500. The van der Waals surface area contributed by atoms with Crippen molar-refractivity contribution in [3.05, 3.63) is 18.5 Å². The zero-order chi connectivity index (χ0) is 13.9. The molecule has 8 nitrogen and oxygen atoms in total. The molecule has 0 aliphatic heterocycles. The van der Waals surface area contributed by atoms with E-state index in [-0.39, 0.29) is 0 Å². The molecule has 2 heterocycles. The van der Waals surface area contributed by atoms with Gasteiger partial charge in [0.05, 0.1) is 0 Å². The van der Waals surface area contributed by atoms with Crippen molar-refractivity contribution in [2.45, 2.75) is 31.7 Å². The highest BCUT2D eigenvalue weighted by molar-refractivity contribution is 5.39. The Morgan fingerprint density at radius 3 is 2.75 bits per heavy atom. The second-order valence-corrected chi connectivity index (χ2v) is 4.90. The number of aromatic nitrogens is 5. The molecule has 0 unspecified atom stereocenters. The summed E-state index contributed by atoms with van der Waals surface area (Å²) >= 11 is 0. The summed E-state index contributed by atoms with van der Waals surface area (Å²) in [6.45, 7) is 0. The Morgan fingerprint density at radius 1 is 1.30 bits per heavy atom. The Balaban J connectivity index is 1.95. The van der Waals surface area contributed by atoms with Crippen LogP contribution in [-0.4, -0.2) is 37.8 Å². The van der Waals surface area contributed by atoms with Gasteiger partial charge < -0.3 is 4.90 Å². The summed E-state index contributed by atoms with van der Waals surface area (Å²) in [6.07, 6.45) is 8.33. The van der Waals surface area contributed by atoms with Crippen LogP contribution in [-0.2, 0) is 0 Å². The highest BCUT2D eigenvalue weighted by Crippen LogP contribution is 2.25. The van der Waals surface area contributed by atoms with Crippen LogP contribution in [0.5, 0.6) is 0 Å². The zero-order valence-corrected chi connectivity index (χ0v) is 11.4. The molecule has 0 radical (unpaired) electrons. The average Bonchev–Trinajstić information content (AvgIpc) is 3.18. The quantitative estimate of drug-likeness (QED) is 0.626. The van der Waals surface area contributed by atoms with E-state index in [1.54, 1.807) is 17.1 Å². The van der Waals surface area contributed by atoms with Crippen molar-refractivity contribution in [2.24, 2.45) is 5.84 Å². The SMILES string of the molecule is CN(c1nc(NN)nc(-n2cccn2)n1)C1CCCC1. The first-order chi connectivity index (χ1) is 9.78. The maximum Gasteiger partial charge on any atom is 0.257 e. The van der Waals surface area contributed by atoms with Crippen molar-refractivity contribution in [2.75, 3.05) is 17.4 Å². The lowest BCUT2D eigenvalue weighted by Crippen LogP contribution is -2.31. The molecule has 0 aromatic carbocycles. The minimum absolute atomic E-state index is 0.338. The molecular formula is C12H18N8. The van der Waals surface area contributed by atoms with E-state index in [0.717, 1.165) is 0 Å². The Labute approximate surface area is 117 Å². The van der Waals surface area contributed by atoms with Gasteiger partial charge in [0.2, 0.25) is 11.9 Å². The fourth-order valence-electron chi connectivity index (χ4n) is 2.52. The molecule has 106 valence electrons. The first kappa shape index (κ1) is 12.8. The zero-order valence-electron chi connectivity index (χ0n) is 11.4. The third kappa shape index (κ3) is 2.42. The highest BCUT2D eigenvalue weighted by atomic mass is 15.4. The number of nitrogens with one attached hydrogen (secondary N) is 1. The number of hydrogen-bond acceptors (Lipinski definition) is 7. The summed E-state index contributed by atoms with van der Waals surface area (Å²) < 4.78 is 1.59. The van der Waals surface area contributed by atoms with E-state index < -0.39 is 0 Å². The van der Waals surface area contributed by atoms with Gasteiger partial charge in [-0.05, 0) is 18.9 Å².